The Labute approximate surface area is 176 Å². The van der Waals surface area contributed by atoms with Gasteiger partial charge in [0, 0.05) is 17.0 Å². The topological polar surface area (TPSA) is 80.6 Å². The van der Waals surface area contributed by atoms with E-state index in [4.69, 9.17) is 4.74 Å². The minimum Gasteiger partial charge on any atom is -0.497 e. The Hall–Kier alpha value is -3.30. The molecule has 1 aliphatic rings. The van der Waals surface area contributed by atoms with Gasteiger partial charge in [-0.2, -0.15) is 13.2 Å². The van der Waals surface area contributed by atoms with E-state index in [0.29, 0.717) is 11.3 Å². The zero-order valence-electron chi connectivity index (χ0n) is 17.5. The lowest BCUT2D eigenvalue weighted by atomic mass is 9.92. The van der Waals surface area contributed by atoms with Crippen molar-refractivity contribution in [1.29, 1.82) is 0 Å². The van der Waals surface area contributed by atoms with Gasteiger partial charge in [0.1, 0.15) is 17.8 Å². The molecule has 1 N–H and O–H groups in total. The molecule has 1 atom stereocenters. The number of aromatic nitrogens is 1. The zero-order chi connectivity index (χ0) is 23.1. The van der Waals surface area contributed by atoms with E-state index in [1.54, 1.807) is 24.3 Å². The molecule has 0 spiro atoms. The molecular weight excluding hydrogens is 415 g/mol. The highest BCUT2D eigenvalue weighted by Crippen LogP contribution is 2.30. The lowest BCUT2D eigenvalue weighted by Gasteiger charge is -2.22. The summed E-state index contributed by atoms with van der Waals surface area (Å²) in [5.74, 6) is -0.672. The third-order valence-corrected chi connectivity index (χ3v) is 5.46. The Morgan fingerprint density at radius 3 is 2.32 bits per heavy atom. The second-order valence-electron chi connectivity index (χ2n) is 7.58. The quantitative estimate of drug-likeness (QED) is 0.555. The number of nitrogens with zero attached hydrogens (tertiary/aromatic N) is 2. The van der Waals surface area contributed by atoms with Crippen LogP contribution >= 0.6 is 0 Å². The molecule has 3 amide bonds. The number of amides is 3. The molecule has 1 saturated heterocycles. The summed E-state index contributed by atoms with van der Waals surface area (Å²) in [7, 11) is 1.50. The standard InChI is InChI=1S/C21H22F3N3O4/c1-12-9-16(13(2)27(12)11-21(22,23)24)17(28)10-26-18(29)20(3,25-19(26)30)14-5-7-15(31-4)8-6-14/h5-9H,10-11H2,1-4H3,(H,25,30). The molecule has 2 aromatic rings. The first-order chi connectivity index (χ1) is 14.4. The Morgan fingerprint density at radius 2 is 1.77 bits per heavy atom. The van der Waals surface area contributed by atoms with Crippen molar-refractivity contribution in [2.24, 2.45) is 0 Å². The fraction of sp³-hybridized carbons (Fsp3) is 0.381. The molecule has 1 aliphatic heterocycles. The van der Waals surface area contributed by atoms with Crippen LogP contribution in [0, 0.1) is 13.8 Å². The van der Waals surface area contributed by atoms with Crippen molar-refractivity contribution in [2.45, 2.75) is 39.0 Å². The predicted molar refractivity (Wildman–Crippen MR) is 105 cm³/mol. The normalized spacial score (nSPS) is 19.0. The Balaban J connectivity index is 1.83. The highest BCUT2D eigenvalue weighted by molar-refractivity contribution is 6.11. The van der Waals surface area contributed by atoms with Gasteiger partial charge in [-0.05, 0) is 44.5 Å². The van der Waals surface area contributed by atoms with Crippen LogP contribution in [-0.4, -0.2) is 47.0 Å². The van der Waals surface area contributed by atoms with E-state index < -0.39 is 42.5 Å². The number of ketones is 1. The van der Waals surface area contributed by atoms with Crippen molar-refractivity contribution >= 4 is 17.7 Å². The first-order valence-electron chi connectivity index (χ1n) is 9.42. The average Bonchev–Trinajstić information content (AvgIpc) is 3.09. The number of imide groups is 1. The molecular formula is C21H22F3N3O4. The molecule has 166 valence electrons. The number of alkyl halides is 3. The maximum Gasteiger partial charge on any atom is 0.406 e. The maximum atomic E-state index is 13.0. The molecule has 7 nitrogen and oxygen atoms in total. The lowest BCUT2D eigenvalue weighted by Crippen LogP contribution is -2.41. The van der Waals surface area contributed by atoms with E-state index in [2.05, 4.69) is 5.32 Å². The molecule has 31 heavy (non-hydrogen) atoms. The Morgan fingerprint density at radius 1 is 1.16 bits per heavy atom. The van der Waals surface area contributed by atoms with Crippen LogP contribution < -0.4 is 10.1 Å². The van der Waals surface area contributed by atoms with Crippen LogP contribution in [0.3, 0.4) is 0 Å². The van der Waals surface area contributed by atoms with E-state index in [9.17, 15) is 27.6 Å². The van der Waals surface area contributed by atoms with Crippen molar-refractivity contribution in [3.8, 4) is 5.75 Å². The van der Waals surface area contributed by atoms with Gasteiger partial charge in [-0.3, -0.25) is 14.5 Å². The summed E-state index contributed by atoms with van der Waals surface area (Å²) in [6, 6.07) is 7.14. The number of hydrogen-bond donors (Lipinski definition) is 1. The van der Waals surface area contributed by atoms with Crippen molar-refractivity contribution in [2.75, 3.05) is 13.7 Å². The monoisotopic (exact) mass is 437 g/mol. The number of nitrogens with one attached hydrogen (secondary N) is 1. The number of rotatable bonds is 6. The second kappa shape index (κ2) is 7.75. The number of carbonyl (C=O) groups is 3. The van der Waals surface area contributed by atoms with Crippen LogP contribution in [-0.2, 0) is 16.9 Å². The van der Waals surface area contributed by atoms with Gasteiger partial charge in [-0.1, -0.05) is 12.1 Å². The van der Waals surface area contributed by atoms with Gasteiger partial charge in [0.2, 0.25) is 0 Å². The van der Waals surface area contributed by atoms with Crippen LogP contribution in [0.1, 0.15) is 34.2 Å². The summed E-state index contributed by atoms with van der Waals surface area (Å²) in [5.41, 5.74) is -0.440. The molecule has 1 aromatic carbocycles. The highest BCUT2D eigenvalue weighted by atomic mass is 19.4. The van der Waals surface area contributed by atoms with Gasteiger partial charge >= 0.3 is 12.2 Å². The van der Waals surface area contributed by atoms with Crippen LogP contribution in [0.4, 0.5) is 18.0 Å². The maximum absolute atomic E-state index is 13.0. The first kappa shape index (κ1) is 22.4. The Kier molecular flexibility index (Phi) is 5.60. The summed E-state index contributed by atoms with van der Waals surface area (Å²) in [6.07, 6.45) is -4.44. The van der Waals surface area contributed by atoms with Crippen LogP contribution in [0.2, 0.25) is 0 Å². The van der Waals surface area contributed by atoms with Gasteiger partial charge in [-0.15, -0.1) is 0 Å². The summed E-state index contributed by atoms with van der Waals surface area (Å²) in [5, 5.41) is 2.59. The molecule has 1 fully saturated rings. The number of aryl methyl sites for hydroxylation is 1. The molecule has 0 aliphatic carbocycles. The molecule has 1 unspecified atom stereocenters. The van der Waals surface area contributed by atoms with Gasteiger partial charge in [0.25, 0.3) is 5.91 Å². The first-order valence-corrected chi connectivity index (χ1v) is 9.42. The number of hydrogen-bond acceptors (Lipinski definition) is 4. The minimum atomic E-state index is -4.44. The number of benzene rings is 1. The van der Waals surface area contributed by atoms with Gasteiger partial charge in [-0.25, -0.2) is 4.79 Å². The van der Waals surface area contributed by atoms with E-state index in [-0.39, 0.29) is 17.0 Å². The molecule has 2 heterocycles. The Bertz CT molecular complexity index is 1040. The predicted octanol–water partition coefficient (Wildman–Crippen LogP) is 3.33. The van der Waals surface area contributed by atoms with E-state index in [0.717, 1.165) is 9.47 Å². The summed E-state index contributed by atoms with van der Waals surface area (Å²) in [4.78, 5) is 39.1. The highest BCUT2D eigenvalue weighted by Gasteiger charge is 2.49. The van der Waals surface area contributed by atoms with Gasteiger partial charge < -0.3 is 14.6 Å². The van der Waals surface area contributed by atoms with Crippen molar-refractivity contribution in [3.63, 3.8) is 0 Å². The van der Waals surface area contributed by atoms with E-state index in [1.807, 2.05) is 0 Å². The number of halogens is 3. The average molecular weight is 437 g/mol. The van der Waals surface area contributed by atoms with E-state index >= 15 is 0 Å². The largest absolute Gasteiger partial charge is 0.497 e. The second-order valence-corrected chi connectivity index (χ2v) is 7.58. The third-order valence-electron chi connectivity index (χ3n) is 5.46. The number of ether oxygens (including phenoxy) is 1. The summed E-state index contributed by atoms with van der Waals surface area (Å²) in [6.45, 7) is 2.58. The molecule has 1 aromatic heterocycles. The van der Waals surface area contributed by atoms with Crippen molar-refractivity contribution in [3.05, 3.63) is 52.8 Å². The number of carbonyl (C=O) groups excluding carboxylic acids is 3. The fourth-order valence-electron chi connectivity index (χ4n) is 3.70. The van der Waals surface area contributed by atoms with E-state index in [1.165, 1.54) is 33.9 Å². The van der Waals surface area contributed by atoms with Gasteiger partial charge in [0.15, 0.2) is 5.78 Å². The smallest absolute Gasteiger partial charge is 0.406 e. The number of urea groups is 1. The molecule has 10 heteroatoms. The number of methoxy groups -OCH3 is 1. The van der Waals surface area contributed by atoms with Crippen LogP contribution in [0.5, 0.6) is 5.75 Å². The van der Waals surface area contributed by atoms with Crippen molar-refractivity contribution < 1.29 is 32.3 Å². The summed E-state index contributed by atoms with van der Waals surface area (Å²) < 4.78 is 44.5. The molecule has 0 bridgehead atoms. The SMILES string of the molecule is COc1ccc(C2(C)NC(=O)N(CC(=O)c3cc(C)n(CC(F)(F)F)c3C)C2=O)cc1. The lowest BCUT2D eigenvalue weighted by molar-refractivity contribution is -0.141. The zero-order valence-corrected chi connectivity index (χ0v) is 17.5. The van der Waals surface area contributed by atoms with Crippen LogP contribution in [0.15, 0.2) is 30.3 Å². The molecule has 0 radical (unpaired) electrons. The molecule has 3 rings (SSSR count). The number of Topliss-reactive ketones (excluding diaryl/α,β-unsaturated/α-hetero) is 1. The summed E-state index contributed by atoms with van der Waals surface area (Å²) >= 11 is 0. The fourth-order valence-corrected chi connectivity index (χ4v) is 3.70. The van der Waals surface area contributed by atoms with Gasteiger partial charge in [0.05, 0.1) is 13.7 Å². The van der Waals surface area contributed by atoms with Crippen molar-refractivity contribution in [1.82, 2.24) is 14.8 Å². The van der Waals surface area contributed by atoms with Crippen LogP contribution in [0.25, 0.3) is 0 Å². The minimum absolute atomic E-state index is 0.0420. The molecule has 0 saturated carbocycles. The third kappa shape index (κ3) is 4.14.